The third kappa shape index (κ3) is 1.34. The molecule has 0 heterocycles. The van der Waals surface area contributed by atoms with Gasteiger partial charge in [-0.15, -0.1) is 0 Å². The van der Waals surface area contributed by atoms with Crippen molar-refractivity contribution in [3.05, 3.63) is 23.8 Å². The molecular formula is C11H14O3. The first-order valence-electron chi connectivity index (χ1n) is 4.65. The Hall–Kier alpha value is -1.22. The second-order valence-electron chi connectivity index (χ2n) is 3.57. The molecule has 3 heteroatoms. The van der Waals surface area contributed by atoms with Crippen molar-refractivity contribution in [2.75, 3.05) is 14.2 Å². The first kappa shape index (κ1) is 9.34. The van der Waals surface area contributed by atoms with E-state index in [1.165, 1.54) is 0 Å². The summed E-state index contributed by atoms with van der Waals surface area (Å²) >= 11 is 0. The molecule has 1 fully saturated rings. The monoisotopic (exact) mass is 194 g/mol. The molecule has 1 aromatic carbocycles. The van der Waals surface area contributed by atoms with E-state index < -0.39 is 5.60 Å². The Labute approximate surface area is 83.3 Å². The van der Waals surface area contributed by atoms with Gasteiger partial charge in [-0.05, 0) is 18.9 Å². The molecule has 0 aromatic heterocycles. The van der Waals surface area contributed by atoms with Crippen LogP contribution in [0, 0.1) is 0 Å². The summed E-state index contributed by atoms with van der Waals surface area (Å²) in [6, 6.07) is 5.58. The maximum Gasteiger partial charge on any atom is 0.166 e. The molecule has 1 N–H and O–H groups in total. The Morgan fingerprint density at radius 2 is 1.93 bits per heavy atom. The van der Waals surface area contributed by atoms with Crippen molar-refractivity contribution < 1.29 is 14.6 Å². The van der Waals surface area contributed by atoms with E-state index in [0.717, 1.165) is 18.4 Å². The van der Waals surface area contributed by atoms with Crippen LogP contribution < -0.4 is 9.47 Å². The second-order valence-corrected chi connectivity index (χ2v) is 3.57. The van der Waals surface area contributed by atoms with Crippen molar-refractivity contribution in [1.82, 2.24) is 0 Å². The van der Waals surface area contributed by atoms with Gasteiger partial charge in [0.1, 0.15) is 0 Å². The van der Waals surface area contributed by atoms with Crippen LogP contribution >= 0.6 is 0 Å². The number of aliphatic hydroxyl groups is 1. The summed E-state index contributed by atoms with van der Waals surface area (Å²) in [5.41, 5.74) is 0.152. The number of benzene rings is 1. The Morgan fingerprint density at radius 1 is 1.21 bits per heavy atom. The van der Waals surface area contributed by atoms with Crippen LogP contribution in [0.1, 0.15) is 18.4 Å². The van der Waals surface area contributed by atoms with E-state index in [2.05, 4.69) is 0 Å². The SMILES string of the molecule is COc1cccc(C2(O)CC2)c1OC. The van der Waals surface area contributed by atoms with E-state index in [0.29, 0.717) is 11.5 Å². The van der Waals surface area contributed by atoms with Crippen LogP contribution in [0.25, 0.3) is 0 Å². The van der Waals surface area contributed by atoms with Crippen LogP contribution in [0.5, 0.6) is 11.5 Å². The molecular weight excluding hydrogens is 180 g/mol. The molecule has 0 radical (unpaired) electrons. The van der Waals surface area contributed by atoms with Crippen LogP contribution in [0.3, 0.4) is 0 Å². The van der Waals surface area contributed by atoms with Crippen LogP contribution in [0.2, 0.25) is 0 Å². The fraction of sp³-hybridized carbons (Fsp3) is 0.455. The van der Waals surface area contributed by atoms with Crippen LogP contribution in [0.15, 0.2) is 18.2 Å². The molecule has 2 rings (SSSR count). The minimum atomic E-state index is -0.681. The first-order chi connectivity index (χ1) is 6.71. The molecule has 0 saturated heterocycles. The third-order valence-electron chi connectivity index (χ3n) is 2.63. The van der Waals surface area contributed by atoms with Gasteiger partial charge in [-0.3, -0.25) is 0 Å². The van der Waals surface area contributed by atoms with Crippen molar-refractivity contribution in [2.24, 2.45) is 0 Å². The van der Waals surface area contributed by atoms with Crippen molar-refractivity contribution in [1.29, 1.82) is 0 Å². The molecule has 3 nitrogen and oxygen atoms in total. The molecule has 0 aliphatic heterocycles. The largest absolute Gasteiger partial charge is 0.493 e. The third-order valence-corrected chi connectivity index (χ3v) is 2.63. The molecule has 0 amide bonds. The molecule has 1 aromatic rings. The lowest BCUT2D eigenvalue weighted by Gasteiger charge is -2.15. The molecule has 0 atom stereocenters. The minimum absolute atomic E-state index is 0.648. The van der Waals surface area contributed by atoms with Crippen LogP contribution in [0.4, 0.5) is 0 Å². The Morgan fingerprint density at radius 3 is 2.43 bits per heavy atom. The summed E-state index contributed by atoms with van der Waals surface area (Å²) in [5, 5.41) is 10.00. The zero-order valence-electron chi connectivity index (χ0n) is 8.41. The quantitative estimate of drug-likeness (QED) is 0.795. The average molecular weight is 194 g/mol. The number of ether oxygens (including phenoxy) is 2. The number of methoxy groups -OCH3 is 2. The first-order valence-corrected chi connectivity index (χ1v) is 4.65. The van der Waals surface area contributed by atoms with Gasteiger partial charge in [-0.25, -0.2) is 0 Å². The highest BCUT2D eigenvalue weighted by atomic mass is 16.5. The van der Waals surface area contributed by atoms with Gasteiger partial charge in [0.2, 0.25) is 0 Å². The van der Waals surface area contributed by atoms with Crippen LogP contribution in [-0.2, 0) is 5.60 Å². The van der Waals surface area contributed by atoms with Gasteiger partial charge in [-0.1, -0.05) is 12.1 Å². The normalized spacial score (nSPS) is 17.6. The number of rotatable bonds is 3. The molecule has 0 bridgehead atoms. The maximum atomic E-state index is 10.00. The molecule has 1 aliphatic rings. The minimum Gasteiger partial charge on any atom is -0.493 e. The molecule has 76 valence electrons. The molecule has 1 saturated carbocycles. The molecule has 14 heavy (non-hydrogen) atoms. The Balaban J connectivity index is 2.48. The standard InChI is InChI=1S/C11H14O3/c1-13-9-5-3-4-8(10(9)14-2)11(12)6-7-11/h3-5,12H,6-7H2,1-2H3. The van der Waals surface area contributed by atoms with Gasteiger partial charge in [0, 0.05) is 5.56 Å². The summed E-state index contributed by atoms with van der Waals surface area (Å²) in [4.78, 5) is 0. The lowest BCUT2D eigenvalue weighted by atomic mass is 10.1. The lowest BCUT2D eigenvalue weighted by Crippen LogP contribution is -2.07. The Bertz CT molecular complexity index is 342. The van der Waals surface area contributed by atoms with Gasteiger partial charge in [0.05, 0.1) is 19.8 Å². The van der Waals surface area contributed by atoms with Crippen LogP contribution in [-0.4, -0.2) is 19.3 Å². The van der Waals surface area contributed by atoms with Gasteiger partial charge in [0.15, 0.2) is 11.5 Å². The fourth-order valence-electron chi connectivity index (χ4n) is 1.64. The average Bonchev–Trinajstić information content (AvgIpc) is 2.96. The molecule has 1 aliphatic carbocycles. The highest BCUT2D eigenvalue weighted by Crippen LogP contribution is 2.50. The highest BCUT2D eigenvalue weighted by Gasteiger charge is 2.44. The van der Waals surface area contributed by atoms with Crippen molar-refractivity contribution in [3.63, 3.8) is 0 Å². The zero-order chi connectivity index (χ0) is 10.2. The van der Waals surface area contributed by atoms with Crippen molar-refractivity contribution >= 4 is 0 Å². The van der Waals surface area contributed by atoms with Gasteiger partial charge in [0.25, 0.3) is 0 Å². The van der Waals surface area contributed by atoms with E-state index in [4.69, 9.17) is 9.47 Å². The fourth-order valence-corrected chi connectivity index (χ4v) is 1.64. The smallest absolute Gasteiger partial charge is 0.166 e. The molecule has 0 unspecified atom stereocenters. The number of para-hydroxylation sites is 1. The summed E-state index contributed by atoms with van der Waals surface area (Å²) in [7, 11) is 3.19. The van der Waals surface area contributed by atoms with Crippen molar-refractivity contribution in [2.45, 2.75) is 18.4 Å². The van der Waals surface area contributed by atoms with E-state index in [-0.39, 0.29) is 0 Å². The summed E-state index contributed by atoms with van der Waals surface area (Å²) in [6.07, 6.45) is 1.60. The summed E-state index contributed by atoms with van der Waals surface area (Å²) in [5.74, 6) is 1.32. The number of hydrogen-bond donors (Lipinski definition) is 1. The topological polar surface area (TPSA) is 38.7 Å². The van der Waals surface area contributed by atoms with E-state index >= 15 is 0 Å². The predicted octanol–water partition coefficient (Wildman–Crippen LogP) is 1.69. The van der Waals surface area contributed by atoms with E-state index in [1.54, 1.807) is 14.2 Å². The van der Waals surface area contributed by atoms with Gasteiger partial charge >= 0.3 is 0 Å². The predicted molar refractivity (Wildman–Crippen MR) is 52.7 cm³/mol. The summed E-state index contributed by atoms with van der Waals surface area (Å²) in [6.45, 7) is 0. The van der Waals surface area contributed by atoms with Crippen molar-refractivity contribution in [3.8, 4) is 11.5 Å². The molecule has 0 spiro atoms. The van der Waals surface area contributed by atoms with E-state index in [9.17, 15) is 5.11 Å². The van der Waals surface area contributed by atoms with Gasteiger partial charge in [-0.2, -0.15) is 0 Å². The maximum absolute atomic E-state index is 10.00. The number of hydrogen-bond acceptors (Lipinski definition) is 3. The van der Waals surface area contributed by atoms with Gasteiger partial charge < -0.3 is 14.6 Å². The summed E-state index contributed by atoms with van der Waals surface area (Å²) < 4.78 is 10.4. The zero-order valence-corrected chi connectivity index (χ0v) is 8.41. The second kappa shape index (κ2) is 3.17. The Kier molecular flexibility index (Phi) is 2.11. The lowest BCUT2D eigenvalue weighted by molar-refractivity contribution is 0.146. The highest BCUT2D eigenvalue weighted by molar-refractivity contribution is 5.50. The van der Waals surface area contributed by atoms with E-state index in [1.807, 2.05) is 18.2 Å².